The second-order valence-corrected chi connectivity index (χ2v) is 4.80. The van der Waals surface area contributed by atoms with Crippen molar-refractivity contribution in [1.82, 2.24) is 5.32 Å². The lowest BCUT2D eigenvalue weighted by molar-refractivity contribution is 0.410. The van der Waals surface area contributed by atoms with Gasteiger partial charge in [-0.1, -0.05) is 6.07 Å². The summed E-state index contributed by atoms with van der Waals surface area (Å²) < 4.78 is 18.6. The third-order valence-corrected chi connectivity index (χ3v) is 3.48. The van der Waals surface area contributed by atoms with E-state index in [1.807, 2.05) is 0 Å². The first-order valence-electron chi connectivity index (χ1n) is 5.84. The van der Waals surface area contributed by atoms with Gasteiger partial charge in [0.15, 0.2) is 0 Å². The molecule has 18 heavy (non-hydrogen) atoms. The zero-order chi connectivity index (χ0) is 12.8. The number of halogens is 1. The van der Waals surface area contributed by atoms with E-state index >= 15 is 0 Å². The largest absolute Gasteiger partial charge is 0.497 e. The van der Waals surface area contributed by atoms with Crippen LogP contribution in [0.1, 0.15) is 11.1 Å². The van der Waals surface area contributed by atoms with Crippen LogP contribution in [-0.4, -0.2) is 13.7 Å². The van der Waals surface area contributed by atoms with E-state index in [1.165, 1.54) is 18.7 Å². The van der Waals surface area contributed by atoms with Gasteiger partial charge in [0.25, 0.3) is 0 Å². The van der Waals surface area contributed by atoms with Gasteiger partial charge in [0.05, 0.1) is 7.11 Å². The molecule has 1 heterocycles. The molecule has 0 radical (unpaired) electrons. The standard InChI is InChI=1S/C14H16FNOS/c1-17-13-3-2-12(14(15)8-13)9-16-6-4-11-5-7-18-10-11/h2-3,5,7-8,10,16H,4,6,9H2,1H3. The van der Waals surface area contributed by atoms with Crippen molar-refractivity contribution >= 4 is 11.3 Å². The molecule has 0 fully saturated rings. The van der Waals surface area contributed by atoms with Crippen molar-refractivity contribution in [3.05, 3.63) is 52.0 Å². The normalized spacial score (nSPS) is 10.6. The van der Waals surface area contributed by atoms with Crippen molar-refractivity contribution in [2.75, 3.05) is 13.7 Å². The number of ether oxygens (including phenoxy) is 1. The molecule has 0 atom stereocenters. The molecule has 2 nitrogen and oxygen atoms in total. The molecule has 4 heteroatoms. The van der Waals surface area contributed by atoms with Crippen molar-refractivity contribution in [1.29, 1.82) is 0 Å². The minimum atomic E-state index is -0.225. The summed E-state index contributed by atoms with van der Waals surface area (Å²) in [5.74, 6) is 0.326. The maximum atomic E-state index is 13.6. The highest BCUT2D eigenvalue weighted by Gasteiger charge is 2.03. The predicted molar refractivity (Wildman–Crippen MR) is 72.7 cm³/mol. The summed E-state index contributed by atoms with van der Waals surface area (Å²) >= 11 is 1.70. The highest BCUT2D eigenvalue weighted by atomic mass is 32.1. The summed E-state index contributed by atoms with van der Waals surface area (Å²) in [5.41, 5.74) is 1.99. The second-order valence-electron chi connectivity index (χ2n) is 4.02. The summed E-state index contributed by atoms with van der Waals surface area (Å²) in [6.45, 7) is 1.39. The highest BCUT2D eigenvalue weighted by molar-refractivity contribution is 7.07. The van der Waals surface area contributed by atoms with E-state index in [2.05, 4.69) is 22.1 Å². The Labute approximate surface area is 110 Å². The average molecular weight is 265 g/mol. The van der Waals surface area contributed by atoms with E-state index in [4.69, 9.17) is 4.74 Å². The lowest BCUT2D eigenvalue weighted by Gasteiger charge is -2.07. The number of hydrogen-bond acceptors (Lipinski definition) is 3. The molecule has 0 bridgehead atoms. The van der Waals surface area contributed by atoms with E-state index < -0.39 is 0 Å². The molecule has 0 unspecified atom stereocenters. The highest BCUT2D eigenvalue weighted by Crippen LogP contribution is 2.16. The number of rotatable bonds is 6. The fourth-order valence-electron chi connectivity index (χ4n) is 1.69. The fourth-order valence-corrected chi connectivity index (χ4v) is 2.39. The summed E-state index contributed by atoms with van der Waals surface area (Å²) in [6, 6.07) is 7.06. The van der Waals surface area contributed by atoms with Gasteiger partial charge in [-0.05, 0) is 41.4 Å². The van der Waals surface area contributed by atoms with Gasteiger partial charge in [0.1, 0.15) is 11.6 Å². The van der Waals surface area contributed by atoms with Crippen LogP contribution in [0.25, 0.3) is 0 Å². The third-order valence-electron chi connectivity index (χ3n) is 2.75. The van der Waals surface area contributed by atoms with Gasteiger partial charge in [0, 0.05) is 18.2 Å². The van der Waals surface area contributed by atoms with Gasteiger partial charge in [0.2, 0.25) is 0 Å². The molecule has 0 aliphatic rings. The van der Waals surface area contributed by atoms with Crippen molar-refractivity contribution < 1.29 is 9.13 Å². The molecule has 2 rings (SSSR count). The predicted octanol–water partition coefficient (Wildman–Crippen LogP) is 3.23. The van der Waals surface area contributed by atoms with Crippen molar-refractivity contribution in [2.45, 2.75) is 13.0 Å². The maximum absolute atomic E-state index is 13.6. The van der Waals surface area contributed by atoms with E-state index in [0.717, 1.165) is 13.0 Å². The Bertz CT molecular complexity index is 485. The molecule has 1 aromatic carbocycles. The smallest absolute Gasteiger partial charge is 0.131 e. The van der Waals surface area contributed by atoms with Crippen molar-refractivity contribution in [2.24, 2.45) is 0 Å². The number of hydrogen-bond donors (Lipinski definition) is 1. The van der Waals surface area contributed by atoms with Crippen LogP contribution in [0.2, 0.25) is 0 Å². The van der Waals surface area contributed by atoms with Crippen LogP contribution in [0.4, 0.5) is 4.39 Å². The van der Waals surface area contributed by atoms with E-state index in [-0.39, 0.29) is 5.82 Å². The molecule has 0 aliphatic carbocycles. The van der Waals surface area contributed by atoms with Crippen LogP contribution in [-0.2, 0) is 13.0 Å². The Morgan fingerprint density at radius 2 is 2.22 bits per heavy atom. The van der Waals surface area contributed by atoms with Gasteiger partial charge in [-0.3, -0.25) is 0 Å². The van der Waals surface area contributed by atoms with Crippen LogP contribution in [0.5, 0.6) is 5.75 Å². The Balaban J connectivity index is 1.79. The monoisotopic (exact) mass is 265 g/mol. The van der Waals surface area contributed by atoms with Gasteiger partial charge < -0.3 is 10.1 Å². The topological polar surface area (TPSA) is 21.3 Å². The molecule has 0 saturated heterocycles. The Hall–Kier alpha value is -1.39. The van der Waals surface area contributed by atoms with Gasteiger partial charge >= 0.3 is 0 Å². The number of benzene rings is 1. The molecule has 1 N–H and O–H groups in total. The average Bonchev–Trinajstić information content (AvgIpc) is 2.89. The molecule has 0 amide bonds. The summed E-state index contributed by atoms with van der Waals surface area (Å²) in [7, 11) is 1.54. The fraction of sp³-hybridized carbons (Fsp3) is 0.286. The molecule has 96 valence electrons. The SMILES string of the molecule is COc1ccc(CNCCc2ccsc2)c(F)c1. The lowest BCUT2D eigenvalue weighted by atomic mass is 10.2. The molecular weight excluding hydrogens is 249 g/mol. The maximum Gasteiger partial charge on any atom is 0.131 e. The van der Waals surface area contributed by atoms with Crippen LogP contribution in [0, 0.1) is 5.82 Å². The summed E-state index contributed by atoms with van der Waals surface area (Å²) in [6.07, 6.45) is 0.973. The molecule has 0 aliphatic heterocycles. The molecule has 1 aromatic heterocycles. The van der Waals surface area contributed by atoms with E-state index in [0.29, 0.717) is 17.9 Å². The molecule has 0 spiro atoms. The van der Waals surface area contributed by atoms with E-state index in [1.54, 1.807) is 23.5 Å². The molecular formula is C14H16FNOS. The van der Waals surface area contributed by atoms with Crippen LogP contribution >= 0.6 is 11.3 Å². The Kier molecular flexibility index (Phi) is 4.73. The van der Waals surface area contributed by atoms with Gasteiger partial charge in [-0.25, -0.2) is 4.39 Å². The Morgan fingerprint density at radius 1 is 1.33 bits per heavy atom. The van der Waals surface area contributed by atoms with Crippen LogP contribution in [0.15, 0.2) is 35.0 Å². The third kappa shape index (κ3) is 3.55. The molecule has 0 saturated carbocycles. The van der Waals surface area contributed by atoms with Gasteiger partial charge in [-0.15, -0.1) is 0 Å². The number of thiophene rings is 1. The first-order valence-corrected chi connectivity index (χ1v) is 6.78. The first kappa shape index (κ1) is 13.1. The van der Waals surface area contributed by atoms with Gasteiger partial charge in [-0.2, -0.15) is 11.3 Å². The first-order chi connectivity index (χ1) is 8.79. The van der Waals surface area contributed by atoms with E-state index in [9.17, 15) is 4.39 Å². The summed E-state index contributed by atoms with van der Waals surface area (Å²) in [4.78, 5) is 0. The zero-order valence-corrected chi connectivity index (χ0v) is 11.1. The minimum absolute atomic E-state index is 0.225. The number of methoxy groups -OCH3 is 1. The summed E-state index contributed by atoms with van der Waals surface area (Å²) in [5, 5.41) is 7.44. The zero-order valence-electron chi connectivity index (χ0n) is 10.3. The second kappa shape index (κ2) is 6.52. The van der Waals surface area contributed by atoms with Crippen molar-refractivity contribution in [3.8, 4) is 5.75 Å². The van der Waals surface area contributed by atoms with Crippen molar-refractivity contribution in [3.63, 3.8) is 0 Å². The Morgan fingerprint density at radius 3 is 2.89 bits per heavy atom. The molecule has 2 aromatic rings. The lowest BCUT2D eigenvalue weighted by Crippen LogP contribution is -2.17. The minimum Gasteiger partial charge on any atom is -0.497 e. The van der Waals surface area contributed by atoms with Crippen LogP contribution < -0.4 is 10.1 Å². The quantitative estimate of drug-likeness (QED) is 0.810. The van der Waals surface area contributed by atoms with Crippen LogP contribution in [0.3, 0.4) is 0 Å². The number of nitrogens with one attached hydrogen (secondary N) is 1.